The molecule has 1 N–H and O–H groups in total. The van der Waals surface area contributed by atoms with Gasteiger partial charge in [0, 0.05) is 17.9 Å². The molecule has 1 aromatic heterocycles. The Kier molecular flexibility index (Phi) is 4.68. The van der Waals surface area contributed by atoms with Crippen molar-refractivity contribution >= 4 is 27.3 Å². The van der Waals surface area contributed by atoms with E-state index in [1.165, 1.54) is 6.26 Å². The van der Waals surface area contributed by atoms with Gasteiger partial charge in [0.1, 0.15) is 0 Å². The molecule has 2 aromatic carbocycles. The van der Waals surface area contributed by atoms with Crippen LogP contribution in [0.15, 0.2) is 70.2 Å². The van der Waals surface area contributed by atoms with Gasteiger partial charge in [-0.3, -0.25) is 9.52 Å². The van der Waals surface area contributed by atoms with Gasteiger partial charge >= 0.3 is 0 Å². The maximum atomic E-state index is 12.6. The summed E-state index contributed by atoms with van der Waals surface area (Å²) in [5, 5.41) is 0. The van der Waals surface area contributed by atoms with E-state index in [4.69, 9.17) is 4.42 Å². The Balaban J connectivity index is 1.55. The minimum atomic E-state index is -3.67. The normalized spacial score (nSPS) is 13.4. The van der Waals surface area contributed by atoms with Crippen molar-refractivity contribution in [3.63, 3.8) is 0 Å². The molecule has 1 amide bonds. The highest BCUT2D eigenvalue weighted by Gasteiger charge is 2.27. The van der Waals surface area contributed by atoms with Crippen LogP contribution in [-0.4, -0.2) is 20.9 Å². The highest BCUT2D eigenvalue weighted by Crippen LogP contribution is 2.32. The van der Waals surface area contributed by atoms with Crippen molar-refractivity contribution in [1.29, 1.82) is 0 Å². The number of rotatable bonds is 5. The summed E-state index contributed by atoms with van der Waals surface area (Å²) in [7, 11) is -3.67. The summed E-state index contributed by atoms with van der Waals surface area (Å²) in [6.45, 7) is 2.55. The monoisotopic (exact) mass is 396 g/mol. The molecule has 0 saturated carbocycles. The molecule has 7 heteroatoms. The van der Waals surface area contributed by atoms with E-state index in [0.29, 0.717) is 18.7 Å². The van der Waals surface area contributed by atoms with Gasteiger partial charge in [-0.1, -0.05) is 19.1 Å². The molecule has 6 nitrogen and oxygen atoms in total. The van der Waals surface area contributed by atoms with E-state index in [-0.39, 0.29) is 16.6 Å². The number of sulfonamides is 1. The van der Waals surface area contributed by atoms with Crippen molar-refractivity contribution in [3.8, 4) is 0 Å². The van der Waals surface area contributed by atoms with Crippen LogP contribution in [0.2, 0.25) is 0 Å². The number of nitrogens with one attached hydrogen (secondary N) is 1. The standard InChI is InChI=1S/C21H20N2O4S/c1-2-15-5-8-18(9-6-15)28(25,26)22-17-7-10-19-16(14-17)11-12-23(19)21(24)20-4-3-13-27-20/h3-10,13-14,22H,2,11-12H2,1H3. The average Bonchev–Trinajstić information content (AvgIpc) is 3.37. The fourth-order valence-corrected chi connectivity index (χ4v) is 4.38. The topological polar surface area (TPSA) is 79.6 Å². The molecule has 1 aliphatic heterocycles. The first-order valence-corrected chi connectivity index (χ1v) is 10.6. The number of nitrogens with zero attached hydrogens (tertiary/aromatic N) is 1. The third-order valence-electron chi connectivity index (χ3n) is 4.85. The van der Waals surface area contributed by atoms with Crippen LogP contribution in [0.5, 0.6) is 0 Å². The van der Waals surface area contributed by atoms with Crippen molar-refractivity contribution in [3.05, 3.63) is 77.7 Å². The zero-order valence-electron chi connectivity index (χ0n) is 15.4. The molecule has 0 unspecified atom stereocenters. The largest absolute Gasteiger partial charge is 0.459 e. The molecular weight excluding hydrogens is 376 g/mol. The number of hydrogen-bond acceptors (Lipinski definition) is 4. The SMILES string of the molecule is CCc1ccc(S(=O)(=O)Nc2ccc3c(c2)CCN3C(=O)c2ccco2)cc1. The van der Waals surface area contributed by atoms with Crippen molar-refractivity contribution in [2.75, 3.05) is 16.2 Å². The first kappa shape index (κ1) is 18.3. The van der Waals surface area contributed by atoms with Crippen LogP contribution in [-0.2, 0) is 22.9 Å². The van der Waals surface area contributed by atoms with Crippen molar-refractivity contribution in [2.45, 2.75) is 24.7 Å². The molecular formula is C21H20N2O4S. The van der Waals surface area contributed by atoms with E-state index in [9.17, 15) is 13.2 Å². The molecule has 3 aromatic rings. The Bertz CT molecular complexity index is 1100. The van der Waals surface area contributed by atoms with Crippen LogP contribution in [0.4, 0.5) is 11.4 Å². The zero-order valence-corrected chi connectivity index (χ0v) is 16.2. The molecule has 28 heavy (non-hydrogen) atoms. The summed E-state index contributed by atoms with van der Waals surface area (Å²) in [4.78, 5) is 14.4. The predicted octanol–water partition coefficient (Wildman–Crippen LogP) is 3.85. The summed E-state index contributed by atoms with van der Waals surface area (Å²) < 4.78 is 33.1. The highest BCUT2D eigenvalue weighted by atomic mass is 32.2. The van der Waals surface area contributed by atoms with Crippen LogP contribution in [0, 0.1) is 0 Å². The molecule has 0 radical (unpaired) electrons. The quantitative estimate of drug-likeness (QED) is 0.710. The molecule has 0 bridgehead atoms. The average molecular weight is 396 g/mol. The van der Waals surface area contributed by atoms with Crippen LogP contribution >= 0.6 is 0 Å². The number of anilines is 2. The lowest BCUT2D eigenvalue weighted by molar-refractivity contribution is 0.0963. The van der Waals surface area contributed by atoms with E-state index in [1.807, 2.05) is 19.1 Å². The summed E-state index contributed by atoms with van der Waals surface area (Å²) >= 11 is 0. The van der Waals surface area contributed by atoms with Gasteiger partial charge in [-0.2, -0.15) is 0 Å². The van der Waals surface area contributed by atoms with Gasteiger partial charge in [-0.15, -0.1) is 0 Å². The number of hydrogen-bond donors (Lipinski definition) is 1. The van der Waals surface area contributed by atoms with E-state index in [2.05, 4.69) is 4.72 Å². The molecule has 0 saturated heterocycles. The second-order valence-electron chi connectivity index (χ2n) is 6.63. The number of aryl methyl sites for hydroxylation is 1. The van der Waals surface area contributed by atoms with Gasteiger partial charge in [-0.05, 0) is 66.4 Å². The highest BCUT2D eigenvalue weighted by molar-refractivity contribution is 7.92. The number of amides is 1. The van der Waals surface area contributed by atoms with Gasteiger partial charge in [0.15, 0.2) is 5.76 Å². The Morgan fingerprint density at radius 1 is 1.14 bits per heavy atom. The first-order valence-electron chi connectivity index (χ1n) is 9.08. The summed E-state index contributed by atoms with van der Waals surface area (Å²) in [6.07, 6.45) is 2.98. The molecule has 1 aliphatic rings. The van der Waals surface area contributed by atoms with Crippen molar-refractivity contribution in [1.82, 2.24) is 0 Å². The third kappa shape index (κ3) is 3.41. The first-order chi connectivity index (χ1) is 13.5. The lowest BCUT2D eigenvalue weighted by atomic mass is 10.1. The minimum absolute atomic E-state index is 0.201. The Hall–Kier alpha value is -3.06. The van der Waals surface area contributed by atoms with Crippen LogP contribution in [0.1, 0.15) is 28.6 Å². The van der Waals surface area contributed by atoms with Gasteiger partial charge in [0.2, 0.25) is 0 Å². The maximum absolute atomic E-state index is 12.6. The molecule has 4 rings (SSSR count). The van der Waals surface area contributed by atoms with E-state index < -0.39 is 10.0 Å². The van der Waals surface area contributed by atoms with E-state index in [0.717, 1.165) is 23.2 Å². The maximum Gasteiger partial charge on any atom is 0.293 e. The van der Waals surface area contributed by atoms with Gasteiger partial charge in [0.05, 0.1) is 11.2 Å². The van der Waals surface area contributed by atoms with Crippen LogP contribution < -0.4 is 9.62 Å². The molecule has 0 atom stereocenters. The number of fused-ring (bicyclic) bond motifs is 1. The number of carbonyl (C=O) groups is 1. The molecule has 0 fully saturated rings. The Morgan fingerprint density at radius 2 is 1.93 bits per heavy atom. The Morgan fingerprint density at radius 3 is 2.61 bits per heavy atom. The minimum Gasteiger partial charge on any atom is -0.459 e. The van der Waals surface area contributed by atoms with E-state index in [1.54, 1.807) is 47.4 Å². The van der Waals surface area contributed by atoms with Crippen LogP contribution in [0.3, 0.4) is 0 Å². The third-order valence-corrected chi connectivity index (χ3v) is 6.24. The smallest absolute Gasteiger partial charge is 0.293 e. The molecule has 0 spiro atoms. The summed E-state index contributed by atoms with van der Waals surface area (Å²) in [5.41, 5.74) is 3.25. The summed E-state index contributed by atoms with van der Waals surface area (Å²) in [5.74, 6) is 0.0845. The zero-order chi connectivity index (χ0) is 19.7. The van der Waals surface area contributed by atoms with Gasteiger partial charge in [0.25, 0.3) is 15.9 Å². The summed E-state index contributed by atoms with van der Waals surface area (Å²) in [6, 6.07) is 15.4. The van der Waals surface area contributed by atoms with E-state index >= 15 is 0 Å². The molecule has 2 heterocycles. The number of benzene rings is 2. The van der Waals surface area contributed by atoms with Crippen molar-refractivity contribution in [2.24, 2.45) is 0 Å². The molecule has 0 aliphatic carbocycles. The second-order valence-corrected chi connectivity index (χ2v) is 8.31. The van der Waals surface area contributed by atoms with Crippen molar-refractivity contribution < 1.29 is 17.6 Å². The van der Waals surface area contributed by atoms with Gasteiger partial charge in [-0.25, -0.2) is 8.42 Å². The second kappa shape index (κ2) is 7.16. The van der Waals surface area contributed by atoms with Gasteiger partial charge < -0.3 is 9.32 Å². The fraction of sp³-hybridized carbons (Fsp3) is 0.190. The lowest BCUT2D eigenvalue weighted by Gasteiger charge is -2.16. The molecule has 144 valence electrons. The van der Waals surface area contributed by atoms with Crippen LogP contribution in [0.25, 0.3) is 0 Å². The lowest BCUT2D eigenvalue weighted by Crippen LogP contribution is -2.28. The number of carbonyl (C=O) groups excluding carboxylic acids is 1. The predicted molar refractivity (Wildman–Crippen MR) is 107 cm³/mol. The Labute approximate surface area is 163 Å². The number of furan rings is 1. The fourth-order valence-electron chi connectivity index (χ4n) is 3.33.